The summed E-state index contributed by atoms with van der Waals surface area (Å²) in [6, 6.07) is 8.43. The Bertz CT molecular complexity index is 1100. The second-order valence-corrected chi connectivity index (χ2v) is 10.5. The number of hydrogen-bond acceptors (Lipinski definition) is 4. The molecule has 3 rings (SSSR count). The van der Waals surface area contributed by atoms with E-state index >= 15 is 0 Å². The van der Waals surface area contributed by atoms with Crippen LogP contribution in [0.4, 0.5) is 15.8 Å². The van der Waals surface area contributed by atoms with Crippen LogP contribution in [0.3, 0.4) is 0 Å². The van der Waals surface area contributed by atoms with Gasteiger partial charge in [-0.1, -0.05) is 19.1 Å². The van der Waals surface area contributed by atoms with Gasteiger partial charge in [0.05, 0.1) is 22.0 Å². The van der Waals surface area contributed by atoms with E-state index < -0.39 is 25.9 Å². The van der Waals surface area contributed by atoms with Crippen LogP contribution in [-0.4, -0.2) is 29.1 Å². The minimum atomic E-state index is -4.01. The molecule has 1 aliphatic heterocycles. The molecule has 2 aromatic carbocycles. The minimum Gasteiger partial charge on any atom is -0.280 e. The van der Waals surface area contributed by atoms with Crippen LogP contribution in [0.1, 0.15) is 30.9 Å². The molecular weight excluding hydrogens is 403 g/mol. The summed E-state index contributed by atoms with van der Waals surface area (Å²) >= 11 is 0. The molecule has 0 fully saturated rings. The Morgan fingerprint density at radius 2 is 1.86 bits per heavy atom. The summed E-state index contributed by atoms with van der Waals surface area (Å²) in [7, 11) is -7.48. The molecule has 152 valence electrons. The number of anilines is 2. The van der Waals surface area contributed by atoms with Crippen LogP contribution >= 0.6 is 0 Å². The maximum absolute atomic E-state index is 13.5. The number of benzene rings is 2. The van der Waals surface area contributed by atoms with Crippen molar-refractivity contribution in [2.24, 2.45) is 0 Å². The van der Waals surface area contributed by atoms with E-state index in [1.807, 2.05) is 0 Å². The summed E-state index contributed by atoms with van der Waals surface area (Å²) in [5.41, 5.74) is 2.01. The van der Waals surface area contributed by atoms with Gasteiger partial charge in [-0.3, -0.25) is 9.03 Å². The molecular formula is C19H23FN2O4S2. The van der Waals surface area contributed by atoms with Crippen molar-refractivity contribution in [2.45, 2.75) is 38.0 Å². The first-order chi connectivity index (χ1) is 13.1. The van der Waals surface area contributed by atoms with Gasteiger partial charge in [0.15, 0.2) is 0 Å². The van der Waals surface area contributed by atoms with Crippen LogP contribution in [0.2, 0.25) is 0 Å². The predicted molar refractivity (Wildman–Crippen MR) is 108 cm³/mol. The molecule has 0 aromatic heterocycles. The molecule has 6 nitrogen and oxygen atoms in total. The molecule has 1 N–H and O–H groups in total. The van der Waals surface area contributed by atoms with Gasteiger partial charge in [0.2, 0.25) is 10.0 Å². The summed E-state index contributed by atoms with van der Waals surface area (Å²) < 4.78 is 67.9. The molecule has 0 bridgehead atoms. The van der Waals surface area contributed by atoms with Crippen molar-refractivity contribution in [1.82, 2.24) is 0 Å². The lowest BCUT2D eigenvalue weighted by atomic mass is 10.0. The summed E-state index contributed by atoms with van der Waals surface area (Å²) in [6.45, 7) is 3.75. The Kier molecular flexibility index (Phi) is 5.67. The van der Waals surface area contributed by atoms with Gasteiger partial charge in [-0.2, -0.15) is 0 Å². The Balaban J connectivity index is 1.98. The lowest BCUT2D eigenvalue weighted by molar-refractivity contribution is 0.585. The fourth-order valence-electron chi connectivity index (χ4n) is 3.34. The van der Waals surface area contributed by atoms with Crippen molar-refractivity contribution in [1.29, 1.82) is 0 Å². The van der Waals surface area contributed by atoms with Crippen molar-refractivity contribution in [3.63, 3.8) is 0 Å². The molecule has 0 unspecified atom stereocenters. The van der Waals surface area contributed by atoms with Gasteiger partial charge in [-0.25, -0.2) is 21.2 Å². The van der Waals surface area contributed by atoms with Crippen LogP contribution in [0, 0.1) is 12.7 Å². The number of rotatable bonds is 6. The van der Waals surface area contributed by atoms with E-state index in [0.29, 0.717) is 30.6 Å². The van der Waals surface area contributed by atoms with E-state index in [-0.39, 0.29) is 16.3 Å². The molecule has 0 saturated heterocycles. The number of fused-ring (bicyclic) bond motifs is 1. The Hall–Kier alpha value is -2.13. The molecule has 28 heavy (non-hydrogen) atoms. The van der Waals surface area contributed by atoms with Crippen LogP contribution in [0.25, 0.3) is 0 Å². The Morgan fingerprint density at radius 1 is 1.11 bits per heavy atom. The number of sulfonamides is 2. The van der Waals surface area contributed by atoms with Gasteiger partial charge in [0, 0.05) is 6.54 Å². The van der Waals surface area contributed by atoms with E-state index in [9.17, 15) is 21.2 Å². The van der Waals surface area contributed by atoms with Gasteiger partial charge >= 0.3 is 0 Å². The zero-order chi connectivity index (χ0) is 20.5. The number of nitrogens with zero attached hydrogens (tertiary/aromatic N) is 1. The van der Waals surface area contributed by atoms with E-state index in [4.69, 9.17) is 0 Å². The second-order valence-electron chi connectivity index (χ2n) is 6.85. The molecule has 9 heteroatoms. The second kappa shape index (κ2) is 7.71. The Labute approximate surface area is 165 Å². The van der Waals surface area contributed by atoms with Crippen LogP contribution < -0.4 is 9.03 Å². The third kappa shape index (κ3) is 4.15. The highest BCUT2D eigenvalue weighted by molar-refractivity contribution is 7.93. The molecule has 0 saturated carbocycles. The highest BCUT2D eigenvalue weighted by Gasteiger charge is 2.27. The minimum absolute atomic E-state index is 0.0326. The highest BCUT2D eigenvalue weighted by atomic mass is 32.2. The lowest BCUT2D eigenvalue weighted by Crippen LogP contribution is -2.37. The molecule has 2 aromatic rings. The largest absolute Gasteiger partial charge is 0.280 e. The number of hydrogen-bond donors (Lipinski definition) is 1. The average Bonchev–Trinajstić information content (AvgIpc) is 2.62. The summed E-state index contributed by atoms with van der Waals surface area (Å²) in [5.74, 6) is -0.613. The monoisotopic (exact) mass is 426 g/mol. The van der Waals surface area contributed by atoms with Crippen LogP contribution in [0.15, 0.2) is 41.3 Å². The highest BCUT2D eigenvalue weighted by Crippen LogP contribution is 2.33. The van der Waals surface area contributed by atoms with Gasteiger partial charge < -0.3 is 0 Å². The summed E-state index contributed by atoms with van der Waals surface area (Å²) in [6.07, 6.45) is 1.94. The zero-order valence-electron chi connectivity index (χ0n) is 15.8. The van der Waals surface area contributed by atoms with Crippen molar-refractivity contribution in [3.05, 3.63) is 53.3 Å². The topological polar surface area (TPSA) is 83.6 Å². The van der Waals surface area contributed by atoms with Crippen LogP contribution in [-0.2, 0) is 26.5 Å². The first-order valence-corrected chi connectivity index (χ1v) is 12.2. The van der Waals surface area contributed by atoms with E-state index in [2.05, 4.69) is 4.72 Å². The van der Waals surface area contributed by atoms with Crippen molar-refractivity contribution >= 4 is 31.4 Å². The average molecular weight is 427 g/mol. The molecule has 0 aliphatic carbocycles. The standard InChI is InChI=1S/C19H23FN2O4S2/c1-3-11-27(23,24)22-10-4-5-15-7-9-17(13-18(15)22)21-28(25,26)19-12-16(20)8-6-14(19)2/h6-9,12-13,21H,3-5,10-11H2,1-2H3. The summed E-state index contributed by atoms with van der Waals surface area (Å²) in [5, 5.41) is 0. The normalized spacial score (nSPS) is 14.6. The molecule has 1 aliphatic rings. The van der Waals surface area contributed by atoms with Crippen LogP contribution in [0.5, 0.6) is 0 Å². The molecule has 0 radical (unpaired) electrons. The first kappa shape index (κ1) is 20.6. The summed E-state index contributed by atoms with van der Waals surface area (Å²) in [4.78, 5) is -0.152. The lowest BCUT2D eigenvalue weighted by Gasteiger charge is -2.31. The third-order valence-electron chi connectivity index (χ3n) is 4.65. The quantitative estimate of drug-likeness (QED) is 0.767. The SMILES string of the molecule is CCCS(=O)(=O)N1CCCc2ccc(NS(=O)(=O)c3cc(F)ccc3C)cc21. The first-order valence-electron chi connectivity index (χ1n) is 9.06. The number of halogens is 1. The number of nitrogens with one attached hydrogen (secondary N) is 1. The molecule has 0 spiro atoms. The van der Waals surface area contributed by atoms with Crippen molar-refractivity contribution in [3.8, 4) is 0 Å². The Morgan fingerprint density at radius 3 is 2.57 bits per heavy atom. The molecule has 1 heterocycles. The molecule has 0 amide bonds. The maximum atomic E-state index is 13.5. The van der Waals surface area contributed by atoms with Gasteiger partial charge in [0.1, 0.15) is 5.82 Å². The predicted octanol–water partition coefficient (Wildman–Crippen LogP) is 3.43. The van der Waals surface area contributed by atoms with E-state index in [1.54, 1.807) is 26.0 Å². The maximum Gasteiger partial charge on any atom is 0.262 e. The van der Waals surface area contributed by atoms with E-state index in [0.717, 1.165) is 18.1 Å². The smallest absolute Gasteiger partial charge is 0.262 e. The zero-order valence-corrected chi connectivity index (χ0v) is 17.4. The van der Waals surface area contributed by atoms with Gasteiger partial charge in [-0.05, 0) is 61.6 Å². The third-order valence-corrected chi connectivity index (χ3v) is 8.15. The fourth-order valence-corrected chi connectivity index (χ4v) is 6.26. The van der Waals surface area contributed by atoms with Crippen molar-refractivity contribution in [2.75, 3.05) is 21.3 Å². The van der Waals surface area contributed by atoms with Crippen molar-refractivity contribution < 1.29 is 21.2 Å². The van der Waals surface area contributed by atoms with Gasteiger partial charge in [0.25, 0.3) is 10.0 Å². The number of aryl methyl sites for hydroxylation is 2. The fraction of sp³-hybridized carbons (Fsp3) is 0.368. The van der Waals surface area contributed by atoms with Gasteiger partial charge in [-0.15, -0.1) is 0 Å². The van der Waals surface area contributed by atoms with E-state index in [1.165, 1.54) is 22.5 Å². The molecule has 0 atom stereocenters.